The highest BCUT2D eigenvalue weighted by Crippen LogP contribution is 2.53. The van der Waals surface area contributed by atoms with Crippen molar-refractivity contribution in [1.82, 2.24) is 20.2 Å². The zero-order chi connectivity index (χ0) is 26.1. The lowest BCUT2D eigenvalue weighted by Gasteiger charge is -2.35. The van der Waals surface area contributed by atoms with Crippen molar-refractivity contribution in [2.45, 2.75) is 59.1 Å². The molecule has 1 aromatic heterocycles. The summed E-state index contributed by atoms with van der Waals surface area (Å²) >= 11 is 0. The second-order valence-corrected chi connectivity index (χ2v) is 11.4. The lowest BCUT2D eigenvalue weighted by atomic mass is 9.78. The van der Waals surface area contributed by atoms with Crippen molar-refractivity contribution < 1.29 is 18.7 Å². The number of hydrogen-bond acceptors (Lipinski definition) is 7. The first-order valence-electron chi connectivity index (χ1n) is 12.7. The largest absolute Gasteiger partial charge is 0.452 e. The van der Waals surface area contributed by atoms with Gasteiger partial charge in [-0.3, -0.25) is 4.90 Å². The van der Waals surface area contributed by atoms with Crippen molar-refractivity contribution in [3.05, 3.63) is 42.2 Å². The van der Waals surface area contributed by atoms with Crippen LogP contribution in [0.4, 0.5) is 14.9 Å². The van der Waals surface area contributed by atoms with Crippen LogP contribution in [0.3, 0.4) is 0 Å². The summed E-state index contributed by atoms with van der Waals surface area (Å²) in [5.74, 6) is 1.02. The number of carbonyl (C=O) groups excluding carboxylic acids is 1. The molecule has 196 valence electrons. The van der Waals surface area contributed by atoms with E-state index < -0.39 is 5.60 Å². The molecule has 2 unspecified atom stereocenters. The Hall–Kier alpha value is -2.94. The maximum Gasteiger partial charge on any atom is 0.410 e. The molecular weight excluding hydrogens is 461 g/mol. The van der Waals surface area contributed by atoms with Gasteiger partial charge in [-0.1, -0.05) is 13.8 Å². The minimum absolute atomic E-state index is 0.177. The molecule has 0 saturated carbocycles. The van der Waals surface area contributed by atoms with E-state index >= 15 is 0 Å². The Kier molecular flexibility index (Phi) is 7.41. The third-order valence-electron chi connectivity index (χ3n) is 6.80. The van der Waals surface area contributed by atoms with Gasteiger partial charge in [-0.2, -0.15) is 0 Å². The van der Waals surface area contributed by atoms with Gasteiger partial charge in [0.05, 0.1) is 17.9 Å². The molecule has 3 heterocycles. The standard InChI is InChI=1S/C27H38FN5O3/c1-18(2)15-32(6)20-13-19(28)7-8-21(20)35-22-14-30-17-31-23(22)24-27(9-11-29-16-27)10-12-33(24)25(34)36-26(3,4)5/h7-8,13-14,17-18,24,29H,9-12,15-16H2,1-6H3. The van der Waals surface area contributed by atoms with Crippen molar-refractivity contribution in [2.24, 2.45) is 11.3 Å². The second-order valence-electron chi connectivity index (χ2n) is 11.4. The van der Waals surface area contributed by atoms with Crippen molar-refractivity contribution in [1.29, 1.82) is 0 Å². The molecule has 2 fully saturated rings. The number of likely N-dealkylation sites (tertiary alicyclic amines) is 1. The number of anilines is 1. The fourth-order valence-electron chi connectivity index (χ4n) is 5.35. The SMILES string of the molecule is CC(C)CN(C)c1cc(F)ccc1Oc1cncnc1C1N(C(=O)OC(C)(C)C)CCC12CCNC2. The number of nitrogens with one attached hydrogen (secondary N) is 1. The van der Waals surface area contributed by atoms with E-state index in [1.165, 1.54) is 18.5 Å². The topological polar surface area (TPSA) is 79.8 Å². The molecule has 2 aliphatic rings. The van der Waals surface area contributed by atoms with Crippen molar-refractivity contribution >= 4 is 11.8 Å². The van der Waals surface area contributed by atoms with Gasteiger partial charge in [-0.05, 0) is 58.2 Å². The molecule has 1 aromatic carbocycles. The van der Waals surface area contributed by atoms with E-state index in [4.69, 9.17) is 9.47 Å². The molecule has 0 radical (unpaired) electrons. The summed E-state index contributed by atoms with van der Waals surface area (Å²) in [6, 6.07) is 4.16. The molecule has 1 spiro atoms. The van der Waals surface area contributed by atoms with Crippen LogP contribution in [0.1, 0.15) is 59.2 Å². The van der Waals surface area contributed by atoms with Gasteiger partial charge in [0.2, 0.25) is 0 Å². The number of hydrogen-bond donors (Lipinski definition) is 1. The Morgan fingerprint density at radius 1 is 1.31 bits per heavy atom. The number of ether oxygens (including phenoxy) is 2. The van der Waals surface area contributed by atoms with Crippen LogP contribution >= 0.6 is 0 Å². The first-order chi connectivity index (χ1) is 17.0. The van der Waals surface area contributed by atoms with Gasteiger partial charge in [0.25, 0.3) is 0 Å². The molecule has 1 N–H and O–H groups in total. The summed E-state index contributed by atoms with van der Waals surface area (Å²) in [4.78, 5) is 25.9. The van der Waals surface area contributed by atoms with E-state index in [1.54, 1.807) is 17.2 Å². The average Bonchev–Trinajstić information content (AvgIpc) is 3.41. The summed E-state index contributed by atoms with van der Waals surface area (Å²) in [5, 5.41) is 3.47. The van der Waals surface area contributed by atoms with Crippen LogP contribution in [0.5, 0.6) is 11.5 Å². The lowest BCUT2D eigenvalue weighted by molar-refractivity contribution is 0.0160. The van der Waals surface area contributed by atoms with Gasteiger partial charge >= 0.3 is 6.09 Å². The normalized spacial score (nSPS) is 21.9. The lowest BCUT2D eigenvalue weighted by Crippen LogP contribution is -2.40. The van der Waals surface area contributed by atoms with Gasteiger partial charge in [0.15, 0.2) is 11.5 Å². The average molecular weight is 500 g/mol. The maximum absolute atomic E-state index is 14.2. The highest BCUT2D eigenvalue weighted by atomic mass is 19.1. The smallest absolute Gasteiger partial charge is 0.410 e. The minimum Gasteiger partial charge on any atom is -0.452 e. The zero-order valence-corrected chi connectivity index (χ0v) is 22.2. The van der Waals surface area contributed by atoms with Crippen LogP contribution in [0.15, 0.2) is 30.7 Å². The first-order valence-corrected chi connectivity index (χ1v) is 12.7. The van der Waals surface area contributed by atoms with E-state index in [1.807, 2.05) is 32.7 Å². The molecule has 9 heteroatoms. The van der Waals surface area contributed by atoms with Gasteiger partial charge in [-0.15, -0.1) is 0 Å². The number of nitrogens with zero attached hydrogens (tertiary/aromatic N) is 4. The molecule has 8 nitrogen and oxygen atoms in total. The molecule has 2 aliphatic heterocycles. The van der Waals surface area contributed by atoms with Crippen molar-refractivity contribution in [3.63, 3.8) is 0 Å². The van der Waals surface area contributed by atoms with Crippen LogP contribution in [0, 0.1) is 17.2 Å². The second kappa shape index (κ2) is 10.2. The monoisotopic (exact) mass is 499 g/mol. The Morgan fingerprint density at radius 2 is 2.08 bits per heavy atom. The molecule has 2 saturated heterocycles. The maximum atomic E-state index is 14.2. The molecule has 1 amide bonds. The minimum atomic E-state index is -0.611. The number of halogens is 1. The van der Waals surface area contributed by atoms with E-state index in [0.717, 1.165) is 32.5 Å². The van der Waals surface area contributed by atoms with E-state index in [9.17, 15) is 9.18 Å². The Labute approximate surface area is 213 Å². The molecule has 0 aliphatic carbocycles. The predicted octanol–water partition coefficient (Wildman–Crippen LogP) is 5.16. The van der Waals surface area contributed by atoms with Crippen LogP contribution in [0.25, 0.3) is 0 Å². The highest BCUT2D eigenvalue weighted by molar-refractivity contribution is 5.70. The third kappa shape index (κ3) is 5.56. The predicted molar refractivity (Wildman–Crippen MR) is 137 cm³/mol. The molecule has 36 heavy (non-hydrogen) atoms. The first kappa shape index (κ1) is 26.1. The van der Waals surface area contributed by atoms with Gasteiger partial charge in [0, 0.05) is 38.2 Å². The molecule has 4 rings (SSSR count). The summed E-state index contributed by atoms with van der Waals surface area (Å²) in [5.41, 5.74) is 0.494. The summed E-state index contributed by atoms with van der Waals surface area (Å²) in [6.45, 7) is 12.8. The van der Waals surface area contributed by atoms with E-state index in [-0.39, 0.29) is 23.4 Å². The highest BCUT2D eigenvalue weighted by Gasteiger charge is 2.53. The molecule has 0 bridgehead atoms. The van der Waals surface area contributed by atoms with Gasteiger partial charge in [0.1, 0.15) is 23.4 Å². The van der Waals surface area contributed by atoms with E-state index in [2.05, 4.69) is 29.1 Å². The van der Waals surface area contributed by atoms with Crippen LogP contribution in [-0.2, 0) is 4.74 Å². The number of amides is 1. The molecule has 2 aromatic rings. The molecule has 2 atom stereocenters. The van der Waals surface area contributed by atoms with Crippen LogP contribution in [-0.4, -0.2) is 59.8 Å². The number of aromatic nitrogens is 2. The van der Waals surface area contributed by atoms with Crippen LogP contribution in [0.2, 0.25) is 0 Å². The summed E-state index contributed by atoms with van der Waals surface area (Å²) < 4.78 is 26.4. The Bertz CT molecular complexity index is 1080. The number of benzene rings is 1. The quantitative estimate of drug-likeness (QED) is 0.588. The van der Waals surface area contributed by atoms with Gasteiger partial charge < -0.3 is 19.7 Å². The summed E-state index contributed by atoms with van der Waals surface area (Å²) in [6.07, 6.45) is 4.51. The van der Waals surface area contributed by atoms with Crippen molar-refractivity contribution in [3.8, 4) is 11.5 Å². The Balaban J connectivity index is 1.73. The Morgan fingerprint density at radius 3 is 2.75 bits per heavy atom. The van der Waals surface area contributed by atoms with Crippen molar-refractivity contribution in [2.75, 3.05) is 38.1 Å². The fourth-order valence-corrected chi connectivity index (χ4v) is 5.35. The molecular formula is C27H38FN5O3. The van der Waals surface area contributed by atoms with Gasteiger partial charge in [-0.25, -0.2) is 19.2 Å². The third-order valence-corrected chi connectivity index (χ3v) is 6.80. The van der Waals surface area contributed by atoms with E-state index in [0.29, 0.717) is 35.3 Å². The number of rotatable bonds is 6. The zero-order valence-electron chi connectivity index (χ0n) is 22.2. The fraction of sp³-hybridized carbons (Fsp3) is 0.593. The number of carbonyl (C=O) groups is 1. The summed E-state index contributed by atoms with van der Waals surface area (Å²) in [7, 11) is 1.92. The van der Waals surface area contributed by atoms with Crippen LogP contribution < -0.4 is 15.0 Å².